The highest BCUT2D eigenvalue weighted by Crippen LogP contribution is 2.26. The number of hydrogen-bond acceptors (Lipinski definition) is 2. The summed E-state index contributed by atoms with van der Waals surface area (Å²) in [5.74, 6) is -0.00662. The number of nitrogens with one attached hydrogen (secondary N) is 1. The molecule has 0 spiro atoms. The number of hydrogen-bond donors (Lipinski definition) is 1. The lowest BCUT2D eigenvalue weighted by Gasteiger charge is -2.12. The molecular weight excluding hydrogens is 266 g/mol. The van der Waals surface area contributed by atoms with E-state index in [2.05, 4.69) is 38.2 Å². The minimum Gasteiger partial charge on any atom is -0.321 e. The van der Waals surface area contributed by atoms with Crippen LogP contribution in [0, 0.1) is 27.7 Å². The maximum absolute atomic E-state index is 12.4. The molecule has 0 saturated heterocycles. The minimum absolute atomic E-state index is 0.00662. The first kappa shape index (κ1) is 14.8. The van der Waals surface area contributed by atoms with Crippen molar-refractivity contribution < 1.29 is 4.79 Å². The number of aryl methyl sites for hydroxylation is 5. The van der Waals surface area contributed by atoms with Crippen LogP contribution in [0.3, 0.4) is 0 Å². The van der Waals surface area contributed by atoms with Gasteiger partial charge in [0.05, 0.1) is 4.88 Å². The fourth-order valence-electron chi connectivity index (χ4n) is 2.54. The van der Waals surface area contributed by atoms with Gasteiger partial charge in [-0.15, -0.1) is 11.3 Å². The number of benzene rings is 1. The number of rotatable bonds is 3. The topological polar surface area (TPSA) is 29.1 Å². The smallest absolute Gasteiger partial charge is 0.265 e. The van der Waals surface area contributed by atoms with Crippen molar-refractivity contribution in [1.29, 1.82) is 0 Å². The van der Waals surface area contributed by atoms with E-state index in [9.17, 15) is 4.79 Å². The molecule has 1 heterocycles. The van der Waals surface area contributed by atoms with Crippen molar-refractivity contribution in [3.05, 3.63) is 50.2 Å². The number of carbonyl (C=O) groups is 1. The van der Waals surface area contributed by atoms with Gasteiger partial charge in [-0.3, -0.25) is 4.79 Å². The lowest BCUT2D eigenvalue weighted by molar-refractivity contribution is 0.103. The molecule has 0 bridgehead atoms. The Balaban J connectivity index is 2.28. The van der Waals surface area contributed by atoms with Crippen LogP contribution in [-0.2, 0) is 6.42 Å². The minimum atomic E-state index is -0.00662. The third kappa shape index (κ3) is 2.93. The van der Waals surface area contributed by atoms with Gasteiger partial charge in [-0.1, -0.05) is 24.6 Å². The molecule has 0 unspecified atom stereocenters. The molecular formula is C17H21NOS. The van der Waals surface area contributed by atoms with Crippen LogP contribution >= 0.6 is 11.3 Å². The lowest BCUT2D eigenvalue weighted by atomic mass is 10.1. The molecule has 3 heteroatoms. The Morgan fingerprint density at radius 1 is 1.10 bits per heavy atom. The molecule has 0 saturated carbocycles. The molecule has 0 aliphatic heterocycles. The molecule has 0 fully saturated rings. The molecule has 1 aromatic heterocycles. The number of thiophene rings is 1. The lowest BCUT2D eigenvalue weighted by Crippen LogP contribution is -2.12. The van der Waals surface area contributed by atoms with Gasteiger partial charge in [0, 0.05) is 10.6 Å². The van der Waals surface area contributed by atoms with Gasteiger partial charge in [-0.25, -0.2) is 0 Å². The van der Waals surface area contributed by atoms with E-state index in [4.69, 9.17) is 0 Å². The molecule has 2 rings (SSSR count). The first-order chi connectivity index (χ1) is 9.42. The van der Waals surface area contributed by atoms with E-state index in [0.29, 0.717) is 0 Å². The Hall–Kier alpha value is -1.61. The Morgan fingerprint density at radius 3 is 2.20 bits per heavy atom. The van der Waals surface area contributed by atoms with Crippen molar-refractivity contribution in [1.82, 2.24) is 0 Å². The second-order valence-electron chi connectivity index (χ2n) is 5.27. The summed E-state index contributed by atoms with van der Waals surface area (Å²) in [5.41, 5.74) is 5.64. The molecule has 2 nitrogen and oxygen atoms in total. The summed E-state index contributed by atoms with van der Waals surface area (Å²) in [6.45, 7) is 10.3. The average molecular weight is 287 g/mol. The van der Waals surface area contributed by atoms with Crippen molar-refractivity contribution >= 4 is 22.9 Å². The molecule has 1 amide bonds. The molecule has 106 valence electrons. The quantitative estimate of drug-likeness (QED) is 0.863. The van der Waals surface area contributed by atoms with Crippen LogP contribution in [0.4, 0.5) is 5.69 Å². The summed E-state index contributed by atoms with van der Waals surface area (Å²) < 4.78 is 0. The first-order valence-electron chi connectivity index (χ1n) is 6.91. The number of carbonyl (C=O) groups excluding carboxylic acids is 1. The van der Waals surface area contributed by atoms with Gasteiger partial charge in [0.15, 0.2) is 0 Å². The molecule has 0 aliphatic rings. The van der Waals surface area contributed by atoms with Crippen LogP contribution in [0.5, 0.6) is 0 Å². The van der Waals surface area contributed by atoms with E-state index in [1.165, 1.54) is 16.0 Å². The molecule has 0 radical (unpaired) electrons. The van der Waals surface area contributed by atoms with Crippen molar-refractivity contribution in [2.75, 3.05) is 5.32 Å². The Kier molecular flexibility index (Phi) is 4.29. The summed E-state index contributed by atoms with van der Waals surface area (Å²) >= 11 is 1.57. The van der Waals surface area contributed by atoms with E-state index in [-0.39, 0.29) is 5.91 Å². The van der Waals surface area contributed by atoms with Crippen molar-refractivity contribution in [2.24, 2.45) is 0 Å². The summed E-state index contributed by atoms with van der Waals surface area (Å²) in [5, 5.41) is 3.06. The predicted molar refractivity (Wildman–Crippen MR) is 87.0 cm³/mol. The van der Waals surface area contributed by atoms with Gasteiger partial charge in [0.2, 0.25) is 0 Å². The van der Waals surface area contributed by atoms with Gasteiger partial charge < -0.3 is 5.32 Å². The molecule has 0 atom stereocenters. The zero-order chi connectivity index (χ0) is 14.9. The van der Waals surface area contributed by atoms with Crippen molar-refractivity contribution in [3.63, 3.8) is 0 Å². The average Bonchev–Trinajstić information content (AvgIpc) is 2.75. The zero-order valence-electron chi connectivity index (χ0n) is 12.8. The fourth-order valence-corrected chi connectivity index (χ4v) is 3.54. The third-order valence-electron chi connectivity index (χ3n) is 3.54. The van der Waals surface area contributed by atoms with Gasteiger partial charge >= 0.3 is 0 Å². The molecule has 1 N–H and O–H groups in total. The highest BCUT2D eigenvalue weighted by molar-refractivity contribution is 7.14. The van der Waals surface area contributed by atoms with Crippen LogP contribution < -0.4 is 5.32 Å². The van der Waals surface area contributed by atoms with Crippen LogP contribution in [0.2, 0.25) is 0 Å². The van der Waals surface area contributed by atoms with Crippen LogP contribution in [-0.4, -0.2) is 5.91 Å². The maximum Gasteiger partial charge on any atom is 0.265 e. The van der Waals surface area contributed by atoms with Crippen LogP contribution in [0.1, 0.15) is 43.7 Å². The Morgan fingerprint density at radius 2 is 1.70 bits per heavy atom. The van der Waals surface area contributed by atoms with E-state index in [0.717, 1.165) is 28.1 Å². The van der Waals surface area contributed by atoms with E-state index >= 15 is 0 Å². The van der Waals surface area contributed by atoms with Crippen LogP contribution in [0.25, 0.3) is 0 Å². The van der Waals surface area contributed by atoms with Crippen LogP contribution in [0.15, 0.2) is 18.2 Å². The molecule has 0 aliphatic carbocycles. The summed E-state index contributed by atoms with van der Waals surface area (Å²) in [4.78, 5) is 14.4. The second kappa shape index (κ2) is 5.80. The highest BCUT2D eigenvalue weighted by atomic mass is 32.1. The van der Waals surface area contributed by atoms with E-state index < -0.39 is 0 Å². The second-order valence-corrected chi connectivity index (χ2v) is 6.53. The monoisotopic (exact) mass is 287 g/mol. The maximum atomic E-state index is 12.4. The van der Waals surface area contributed by atoms with Gasteiger partial charge in [-0.2, -0.15) is 0 Å². The van der Waals surface area contributed by atoms with E-state index in [1.807, 2.05) is 19.9 Å². The molecule has 1 aromatic carbocycles. The van der Waals surface area contributed by atoms with Gasteiger partial charge in [0.1, 0.15) is 0 Å². The fraction of sp³-hybridized carbons (Fsp3) is 0.353. The van der Waals surface area contributed by atoms with Crippen molar-refractivity contribution in [3.8, 4) is 0 Å². The van der Waals surface area contributed by atoms with E-state index in [1.54, 1.807) is 11.3 Å². The SMILES string of the molecule is CCc1cc(C(=O)Nc2c(C)cc(C)cc2C)sc1C. The zero-order valence-corrected chi connectivity index (χ0v) is 13.6. The standard InChI is InChI=1S/C17H21NOS/c1-6-14-9-15(20-13(14)5)17(19)18-16-11(3)7-10(2)8-12(16)4/h7-9H,6H2,1-5H3,(H,18,19). The van der Waals surface area contributed by atoms with Crippen molar-refractivity contribution in [2.45, 2.75) is 41.0 Å². The Bertz CT molecular complexity index is 632. The summed E-state index contributed by atoms with van der Waals surface area (Å²) in [7, 11) is 0. The van der Waals surface area contributed by atoms with Gasteiger partial charge in [0.25, 0.3) is 5.91 Å². The number of anilines is 1. The number of amides is 1. The predicted octanol–water partition coefficient (Wildman–Crippen LogP) is 4.80. The largest absolute Gasteiger partial charge is 0.321 e. The van der Waals surface area contributed by atoms with Gasteiger partial charge in [-0.05, 0) is 56.9 Å². The Labute approximate surface area is 124 Å². The highest BCUT2D eigenvalue weighted by Gasteiger charge is 2.14. The summed E-state index contributed by atoms with van der Waals surface area (Å²) in [6.07, 6.45) is 0.970. The summed E-state index contributed by atoms with van der Waals surface area (Å²) in [6, 6.07) is 6.20. The molecule has 20 heavy (non-hydrogen) atoms. The third-order valence-corrected chi connectivity index (χ3v) is 4.63. The first-order valence-corrected chi connectivity index (χ1v) is 7.72. The normalized spacial score (nSPS) is 10.7. The molecule has 2 aromatic rings.